The first kappa shape index (κ1) is 11.6. The van der Waals surface area contributed by atoms with Crippen LogP contribution >= 0.6 is 15.9 Å². The fraction of sp³-hybridized carbons (Fsp3) is 0.400. The van der Waals surface area contributed by atoms with Gasteiger partial charge in [-0.1, -0.05) is 35.3 Å². The van der Waals surface area contributed by atoms with Crippen LogP contribution in [0.5, 0.6) is 0 Å². The molecule has 0 aromatic heterocycles. The Balaban J connectivity index is 3.02. The lowest BCUT2D eigenvalue weighted by Gasteiger charge is -2.17. The maximum atomic E-state index is 13.5. The molecule has 0 aliphatic heterocycles. The van der Waals surface area contributed by atoms with E-state index in [1.54, 1.807) is 6.07 Å². The highest BCUT2D eigenvalue weighted by molar-refractivity contribution is 9.10. The van der Waals surface area contributed by atoms with Gasteiger partial charge >= 0.3 is 0 Å². The third-order valence-corrected chi connectivity index (χ3v) is 2.82. The van der Waals surface area contributed by atoms with Gasteiger partial charge in [0.1, 0.15) is 5.82 Å². The minimum Gasteiger partial charge on any atom is -0.271 e. The van der Waals surface area contributed by atoms with E-state index in [1.165, 1.54) is 6.07 Å². The quantitative estimate of drug-likeness (QED) is 0.646. The third kappa shape index (κ3) is 2.53. The van der Waals surface area contributed by atoms with Gasteiger partial charge in [-0.15, -0.1) is 0 Å². The van der Waals surface area contributed by atoms with Crippen LogP contribution in [0.15, 0.2) is 22.7 Å². The molecule has 1 atom stereocenters. The van der Waals surface area contributed by atoms with E-state index in [0.29, 0.717) is 5.56 Å². The van der Waals surface area contributed by atoms with Gasteiger partial charge in [0.05, 0.1) is 0 Å². The second kappa shape index (κ2) is 5.44. The molecule has 0 spiro atoms. The molecule has 3 N–H and O–H groups in total. The molecule has 0 heterocycles. The number of rotatable bonds is 4. The van der Waals surface area contributed by atoms with Crippen LogP contribution in [0.25, 0.3) is 0 Å². The van der Waals surface area contributed by atoms with Gasteiger partial charge in [0.2, 0.25) is 0 Å². The van der Waals surface area contributed by atoms with Crippen LogP contribution in [-0.2, 0) is 0 Å². The second-order valence-electron chi connectivity index (χ2n) is 3.14. The lowest BCUT2D eigenvalue weighted by molar-refractivity contribution is 0.479. The Morgan fingerprint density at radius 1 is 1.57 bits per heavy atom. The molecule has 2 nitrogen and oxygen atoms in total. The first-order valence-electron chi connectivity index (χ1n) is 4.60. The average Bonchev–Trinajstić information content (AvgIpc) is 2.16. The highest BCUT2D eigenvalue weighted by atomic mass is 79.9. The van der Waals surface area contributed by atoms with Gasteiger partial charge in [-0.05, 0) is 18.6 Å². The smallest absolute Gasteiger partial charge is 0.129 e. The molecular formula is C10H14BrFN2. The fourth-order valence-electron chi connectivity index (χ4n) is 1.44. The van der Waals surface area contributed by atoms with Crippen LogP contribution in [0.1, 0.15) is 31.4 Å². The lowest BCUT2D eigenvalue weighted by Crippen LogP contribution is -2.28. The number of hydrogen-bond acceptors (Lipinski definition) is 2. The van der Waals surface area contributed by atoms with Gasteiger partial charge in [0.15, 0.2) is 0 Å². The molecule has 0 aliphatic carbocycles. The molecule has 14 heavy (non-hydrogen) atoms. The van der Waals surface area contributed by atoms with Crippen molar-refractivity contribution in [1.82, 2.24) is 5.43 Å². The summed E-state index contributed by atoms with van der Waals surface area (Å²) in [7, 11) is 0. The molecule has 78 valence electrons. The van der Waals surface area contributed by atoms with Crippen LogP contribution in [0.4, 0.5) is 4.39 Å². The molecule has 0 radical (unpaired) electrons. The van der Waals surface area contributed by atoms with Crippen LogP contribution in [-0.4, -0.2) is 0 Å². The van der Waals surface area contributed by atoms with Crippen LogP contribution in [0, 0.1) is 5.82 Å². The number of halogens is 2. The third-order valence-electron chi connectivity index (χ3n) is 2.13. The molecule has 4 heteroatoms. The first-order chi connectivity index (χ1) is 6.70. The normalized spacial score (nSPS) is 12.9. The summed E-state index contributed by atoms with van der Waals surface area (Å²) in [6, 6.07) is 4.80. The lowest BCUT2D eigenvalue weighted by atomic mass is 10.0. The summed E-state index contributed by atoms with van der Waals surface area (Å²) in [5.74, 6) is 5.17. The maximum Gasteiger partial charge on any atom is 0.129 e. The van der Waals surface area contributed by atoms with Crippen molar-refractivity contribution in [2.75, 3.05) is 0 Å². The van der Waals surface area contributed by atoms with Crippen molar-refractivity contribution in [1.29, 1.82) is 0 Å². The zero-order valence-electron chi connectivity index (χ0n) is 8.06. The van der Waals surface area contributed by atoms with Crippen molar-refractivity contribution in [3.05, 3.63) is 34.1 Å². The minimum atomic E-state index is -0.226. The Hall–Kier alpha value is -0.450. The zero-order valence-corrected chi connectivity index (χ0v) is 9.64. The number of benzene rings is 1. The van der Waals surface area contributed by atoms with Crippen molar-refractivity contribution in [3.8, 4) is 0 Å². The van der Waals surface area contributed by atoms with Crippen LogP contribution in [0.3, 0.4) is 0 Å². The zero-order chi connectivity index (χ0) is 10.6. The number of nitrogens with one attached hydrogen (secondary N) is 1. The van der Waals surface area contributed by atoms with E-state index in [-0.39, 0.29) is 11.9 Å². The SMILES string of the molecule is CCCC(NN)c1c(F)cccc1Br. The highest BCUT2D eigenvalue weighted by Gasteiger charge is 2.16. The van der Waals surface area contributed by atoms with Gasteiger partial charge in [-0.2, -0.15) is 0 Å². The second-order valence-corrected chi connectivity index (χ2v) is 4.00. The van der Waals surface area contributed by atoms with Crippen molar-refractivity contribution >= 4 is 15.9 Å². The molecule has 0 bridgehead atoms. The molecule has 0 fully saturated rings. The highest BCUT2D eigenvalue weighted by Crippen LogP contribution is 2.28. The Bertz CT molecular complexity index is 284. The van der Waals surface area contributed by atoms with Gasteiger partial charge in [0.25, 0.3) is 0 Å². The van der Waals surface area contributed by atoms with Crippen molar-refractivity contribution in [2.45, 2.75) is 25.8 Å². The summed E-state index contributed by atoms with van der Waals surface area (Å²) >= 11 is 3.32. The summed E-state index contributed by atoms with van der Waals surface area (Å²) in [6.45, 7) is 2.04. The predicted molar refractivity (Wildman–Crippen MR) is 59.1 cm³/mol. The van der Waals surface area contributed by atoms with Crippen molar-refractivity contribution in [3.63, 3.8) is 0 Å². The number of hydrazine groups is 1. The topological polar surface area (TPSA) is 38.0 Å². The molecular weight excluding hydrogens is 247 g/mol. The van der Waals surface area contributed by atoms with E-state index in [4.69, 9.17) is 5.84 Å². The number of hydrogen-bond donors (Lipinski definition) is 2. The summed E-state index contributed by atoms with van der Waals surface area (Å²) in [5, 5.41) is 0. The molecule has 1 rings (SSSR count). The largest absolute Gasteiger partial charge is 0.271 e. The molecule has 0 amide bonds. The van der Waals surface area contributed by atoms with E-state index in [0.717, 1.165) is 17.3 Å². The summed E-state index contributed by atoms with van der Waals surface area (Å²) < 4.78 is 14.2. The van der Waals surface area contributed by atoms with Crippen LogP contribution < -0.4 is 11.3 Å². The minimum absolute atomic E-state index is 0.129. The molecule has 0 aliphatic rings. The summed E-state index contributed by atoms with van der Waals surface area (Å²) in [5.41, 5.74) is 3.24. The average molecular weight is 261 g/mol. The first-order valence-corrected chi connectivity index (χ1v) is 5.40. The molecule has 0 saturated heterocycles. The van der Waals surface area contributed by atoms with E-state index in [9.17, 15) is 4.39 Å². The molecule has 1 aromatic carbocycles. The monoisotopic (exact) mass is 260 g/mol. The maximum absolute atomic E-state index is 13.5. The van der Waals surface area contributed by atoms with Gasteiger partial charge < -0.3 is 0 Å². The van der Waals surface area contributed by atoms with Crippen LogP contribution in [0.2, 0.25) is 0 Å². The molecule has 1 unspecified atom stereocenters. The molecule has 0 saturated carbocycles. The summed E-state index contributed by atoms with van der Waals surface area (Å²) in [6.07, 6.45) is 1.77. The Kier molecular flexibility index (Phi) is 4.51. The van der Waals surface area contributed by atoms with Gasteiger partial charge in [-0.25, -0.2) is 4.39 Å². The fourth-order valence-corrected chi connectivity index (χ4v) is 2.06. The van der Waals surface area contributed by atoms with Gasteiger partial charge in [-0.3, -0.25) is 11.3 Å². The molecule has 1 aromatic rings. The van der Waals surface area contributed by atoms with E-state index in [2.05, 4.69) is 21.4 Å². The number of nitrogens with two attached hydrogens (primary N) is 1. The van der Waals surface area contributed by atoms with Gasteiger partial charge in [0, 0.05) is 16.1 Å². The Morgan fingerprint density at radius 2 is 2.29 bits per heavy atom. The van der Waals surface area contributed by atoms with Crippen molar-refractivity contribution in [2.24, 2.45) is 5.84 Å². The van der Waals surface area contributed by atoms with E-state index < -0.39 is 0 Å². The standard InChI is InChI=1S/C10H14BrFN2/c1-2-4-9(14-13)10-7(11)5-3-6-8(10)12/h3,5-6,9,14H,2,4,13H2,1H3. The Labute approximate surface area is 91.8 Å². The van der Waals surface area contributed by atoms with Crippen molar-refractivity contribution < 1.29 is 4.39 Å². The van der Waals surface area contributed by atoms with E-state index in [1.807, 2.05) is 13.0 Å². The Morgan fingerprint density at radius 3 is 2.79 bits per heavy atom. The summed E-state index contributed by atoms with van der Waals surface area (Å²) in [4.78, 5) is 0. The predicted octanol–water partition coefficient (Wildman–Crippen LogP) is 2.89. The van der Waals surface area contributed by atoms with E-state index >= 15 is 0 Å².